The van der Waals surface area contributed by atoms with Crippen molar-refractivity contribution in [2.75, 3.05) is 11.4 Å². The molecule has 0 saturated carbocycles. The van der Waals surface area contributed by atoms with Crippen LogP contribution in [0.4, 0.5) is 5.82 Å². The molecule has 6 rings (SSSR count). The third-order valence-electron chi connectivity index (χ3n) is 5.56. The summed E-state index contributed by atoms with van der Waals surface area (Å²) in [4.78, 5) is 27.2. The highest BCUT2D eigenvalue weighted by molar-refractivity contribution is 6.33. The molecule has 1 N–H and O–H groups in total. The zero-order chi connectivity index (χ0) is 22.5. The quantitative estimate of drug-likeness (QED) is 0.422. The van der Waals surface area contributed by atoms with Gasteiger partial charge in [0, 0.05) is 12.4 Å². The first-order valence-electron chi connectivity index (χ1n) is 10.00. The van der Waals surface area contributed by atoms with E-state index in [1.54, 1.807) is 18.5 Å². The van der Waals surface area contributed by atoms with Crippen molar-refractivity contribution in [3.05, 3.63) is 81.9 Å². The third kappa shape index (κ3) is 2.80. The Kier molecular flexibility index (Phi) is 4.19. The number of aromatic amines is 1. The van der Waals surface area contributed by atoms with Crippen LogP contribution in [0, 0.1) is 23.2 Å². The van der Waals surface area contributed by atoms with Gasteiger partial charge in [0.15, 0.2) is 11.9 Å². The van der Waals surface area contributed by atoms with E-state index in [1.165, 1.54) is 15.4 Å². The summed E-state index contributed by atoms with van der Waals surface area (Å²) in [5.74, 6) is 7.22. The molecule has 1 atom stereocenters. The molecular weight excluding hydrogens is 440 g/mol. The maximum atomic E-state index is 13.6. The Morgan fingerprint density at radius 1 is 1.21 bits per heavy atom. The highest BCUT2D eigenvalue weighted by Crippen LogP contribution is 2.33. The second kappa shape index (κ2) is 7.23. The number of anilines is 1. The van der Waals surface area contributed by atoms with Gasteiger partial charge < -0.3 is 9.88 Å². The summed E-state index contributed by atoms with van der Waals surface area (Å²) >= 11 is 6.30. The highest BCUT2D eigenvalue weighted by Gasteiger charge is 2.31. The van der Waals surface area contributed by atoms with Crippen LogP contribution in [0.3, 0.4) is 0 Å². The number of halogens is 1. The van der Waals surface area contributed by atoms with Gasteiger partial charge in [0.05, 0.1) is 28.2 Å². The number of H-pyrrole nitrogens is 1. The second-order valence-corrected chi connectivity index (χ2v) is 7.78. The van der Waals surface area contributed by atoms with Gasteiger partial charge in [-0.3, -0.25) is 9.36 Å². The molecule has 158 valence electrons. The molecule has 0 aliphatic carbocycles. The second-order valence-electron chi connectivity index (χ2n) is 7.38. The van der Waals surface area contributed by atoms with Crippen molar-refractivity contribution < 1.29 is 0 Å². The first kappa shape index (κ1) is 19.1. The standard InChI is InChI=1S/C23H13ClN8O/c24-16-8-10-31-19(16)23(33)32(15-5-2-1-3-6-15)21(29-31)17-7-4-9-30(17)22-18-14(11-25)12-26-20(18)27-13-28-22/h1-3,5-6,8,10,12-13,17H,9H2,(H,26,27,28)/t17-/m0/s1. The minimum absolute atomic E-state index is 0.281. The molecule has 1 aliphatic heterocycles. The largest absolute Gasteiger partial charge is 0.345 e. The van der Waals surface area contributed by atoms with Gasteiger partial charge in [-0.15, -0.1) is 0 Å². The van der Waals surface area contributed by atoms with E-state index in [9.17, 15) is 10.1 Å². The Bertz CT molecular complexity index is 1710. The Balaban J connectivity index is 1.62. The highest BCUT2D eigenvalue weighted by atomic mass is 35.5. The number of hydrogen-bond donors (Lipinski definition) is 1. The van der Waals surface area contributed by atoms with Crippen molar-refractivity contribution in [2.45, 2.75) is 6.04 Å². The van der Waals surface area contributed by atoms with Crippen LogP contribution in [-0.4, -0.2) is 35.7 Å². The molecule has 0 radical (unpaired) electrons. The van der Waals surface area contributed by atoms with Gasteiger partial charge >= 0.3 is 0 Å². The normalized spacial score (nSPS) is 15.0. The molecule has 10 heteroatoms. The summed E-state index contributed by atoms with van der Waals surface area (Å²) in [7, 11) is 0. The van der Waals surface area contributed by atoms with Crippen molar-refractivity contribution in [3.63, 3.8) is 0 Å². The molecule has 0 bridgehead atoms. The number of nitrogens with one attached hydrogen (secondary N) is 1. The molecule has 0 spiro atoms. The Labute approximate surface area is 191 Å². The first-order chi connectivity index (χ1) is 16.2. The minimum atomic E-state index is -0.594. The molecule has 33 heavy (non-hydrogen) atoms. The fourth-order valence-corrected chi connectivity index (χ4v) is 4.32. The van der Waals surface area contributed by atoms with E-state index in [2.05, 4.69) is 32.9 Å². The molecule has 5 heterocycles. The molecular formula is C23H13ClN8O. The van der Waals surface area contributed by atoms with E-state index >= 15 is 0 Å². The molecule has 0 unspecified atom stereocenters. The van der Waals surface area contributed by atoms with E-state index in [0.717, 1.165) is 0 Å². The lowest BCUT2D eigenvalue weighted by atomic mass is 10.2. The number of nitriles is 1. The maximum Gasteiger partial charge on any atom is 0.284 e. The van der Waals surface area contributed by atoms with Crippen molar-refractivity contribution in [1.29, 1.82) is 5.26 Å². The van der Waals surface area contributed by atoms with Crippen LogP contribution in [-0.2, 0) is 0 Å². The predicted molar refractivity (Wildman–Crippen MR) is 122 cm³/mol. The van der Waals surface area contributed by atoms with Crippen LogP contribution in [0.1, 0.15) is 17.4 Å². The average Bonchev–Trinajstić information content (AvgIpc) is 3.57. The third-order valence-corrected chi connectivity index (χ3v) is 5.87. The minimum Gasteiger partial charge on any atom is -0.345 e. The van der Waals surface area contributed by atoms with E-state index in [-0.39, 0.29) is 11.1 Å². The van der Waals surface area contributed by atoms with Crippen LogP contribution >= 0.6 is 11.6 Å². The fourth-order valence-electron chi connectivity index (χ4n) is 4.10. The molecule has 9 nitrogen and oxygen atoms in total. The Hall–Kier alpha value is -4.60. The van der Waals surface area contributed by atoms with Gasteiger partial charge in [-0.1, -0.05) is 41.6 Å². The number of fused-ring (bicyclic) bond motifs is 2. The maximum absolute atomic E-state index is 13.6. The number of nitrogens with zero attached hydrogens (tertiary/aromatic N) is 7. The SMILES string of the molecule is N#Cc1c[nH]c2ncnc(N3CC#C[C@H]3c3nn4ccc(Cl)c4c(=O)n3-c3ccccc3)c12. The zero-order valence-electron chi connectivity index (χ0n) is 16.9. The smallest absolute Gasteiger partial charge is 0.284 e. The Morgan fingerprint density at radius 2 is 2.06 bits per heavy atom. The van der Waals surface area contributed by atoms with Crippen molar-refractivity contribution in [2.24, 2.45) is 0 Å². The lowest BCUT2D eigenvalue weighted by Gasteiger charge is -2.26. The molecule has 0 saturated heterocycles. The lowest BCUT2D eigenvalue weighted by molar-refractivity contribution is 0.664. The molecule has 0 amide bonds. The molecule has 0 fully saturated rings. The van der Waals surface area contributed by atoms with Crippen molar-refractivity contribution >= 4 is 34.0 Å². The summed E-state index contributed by atoms with van der Waals surface area (Å²) in [6.45, 7) is 0.349. The van der Waals surface area contributed by atoms with Crippen LogP contribution < -0.4 is 10.5 Å². The van der Waals surface area contributed by atoms with Crippen molar-refractivity contribution in [3.8, 4) is 23.6 Å². The van der Waals surface area contributed by atoms with Gasteiger partial charge in [-0.05, 0) is 18.2 Å². The van der Waals surface area contributed by atoms with Crippen LogP contribution in [0.2, 0.25) is 5.02 Å². The van der Waals surface area contributed by atoms with Crippen LogP contribution in [0.5, 0.6) is 0 Å². The number of aromatic nitrogens is 6. The van der Waals surface area contributed by atoms with Gasteiger partial charge in [0.25, 0.3) is 5.56 Å². The summed E-state index contributed by atoms with van der Waals surface area (Å²) < 4.78 is 3.00. The number of rotatable bonds is 3. The van der Waals surface area contributed by atoms with Crippen LogP contribution in [0.25, 0.3) is 22.2 Å². The van der Waals surface area contributed by atoms with Gasteiger partial charge in [-0.2, -0.15) is 10.4 Å². The monoisotopic (exact) mass is 452 g/mol. The number of benzene rings is 1. The summed E-state index contributed by atoms with van der Waals surface area (Å²) in [5, 5.41) is 15.2. The predicted octanol–water partition coefficient (Wildman–Crippen LogP) is 2.85. The van der Waals surface area contributed by atoms with Gasteiger partial charge in [0.2, 0.25) is 0 Å². The summed E-state index contributed by atoms with van der Waals surface area (Å²) in [6.07, 6.45) is 4.67. The number of hydrogen-bond acceptors (Lipinski definition) is 6. The van der Waals surface area contributed by atoms with E-state index in [1.807, 2.05) is 35.2 Å². The van der Waals surface area contributed by atoms with Gasteiger partial charge in [-0.25, -0.2) is 14.5 Å². The fraction of sp³-hybridized carbons (Fsp3) is 0.0870. The van der Waals surface area contributed by atoms with Gasteiger partial charge in [0.1, 0.15) is 29.4 Å². The zero-order valence-corrected chi connectivity index (χ0v) is 17.7. The molecule has 5 aromatic rings. The number of para-hydroxylation sites is 1. The van der Waals surface area contributed by atoms with Crippen molar-refractivity contribution in [1.82, 2.24) is 29.1 Å². The molecule has 1 aliphatic rings. The topological polar surface area (TPSA) is 108 Å². The first-order valence-corrected chi connectivity index (χ1v) is 10.4. The van der Waals surface area contributed by atoms with Crippen LogP contribution in [0.15, 0.2) is 59.9 Å². The summed E-state index contributed by atoms with van der Waals surface area (Å²) in [6, 6.07) is 12.4. The summed E-state index contributed by atoms with van der Waals surface area (Å²) in [5.41, 5.74) is 1.59. The van der Waals surface area contributed by atoms with E-state index in [4.69, 9.17) is 16.7 Å². The van der Waals surface area contributed by atoms with E-state index < -0.39 is 6.04 Å². The molecule has 4 aromatic heterocycles. The molecule has 1 aromatic carbocycles. The lowest BCUT2D eigenvalue weighted by Crippen LogP contribution is -2.34. The van der Waals surface area contributed by atoms with E-state index in [0.29, 0.717) is 45.5 Å². The Morgan fingerprint density at radius 3 is 2.88 bits per heavy atom. The average molecular weight is 453 g/mol.